The zero-order valence-electron chi connectivity index (χ0n) is 11.3. The summed E-state index contributed by atoms with van der Waals surface area (Å²) in [7, 11) is 0. The molecule has 0 saturated carbocycles. The van der Waals surface area contributed by atoms with Gasteiger partial charge < -0.3 is 4.74 Å². The molecule has 1 N–H and O–H groups in total. The number of nitrogens with one attached hydrogen (secondary N) is 1. The van der Waals surface area contributed by atoms with E-state index in [0.29, 0.717) is 0 Å². The molecule has 0 saturated heterocycles. The fourth-order valence-corrected chi connectivity index (χ4v) is 1.53. The van der Waals surface area contributed by atoms with Crippen LogP contribution >= 0.6 is 0 Å². The molecule has 0 aromatic heterocycles. The van der Waals surface area contributed by atoms with E-state index in [2.05, 4.69) is 0 Å². The van der Waals surface area contributed by atoms with Crippen LogP contribution in [0.5, 0.6) is 0 Å². The molecule has 0 spiro atoms. The molecule has 20 heavy (non-hydrogen) atoms. The summed E-state index contributed by atoms with van der Waals surface area (Å²) in [6.07, 6.45) is 3.33. The van der Waals surface area contributed by atoms with Crippen LogP contribution in [0.4, 0.5) is 0 Å². The molecule has 0 atom stereocenters. The zero-order chi connectivity index (χ0) is 15.1. The molecule has 0 radical (unpaired) electrons. The normalized spacial score (nSPS) is 17.1. The molecule has 0 unspecified atom stereocenters. The van der Waals surface area contributed by atoms with Gasteiger partial charge in [-0.1, -0.05) is 0 Å². The minimum absolute atomic E-state index is 0.116. The first kappa shape index (κ1) is 15.8. The van der Waals surface area contributed by atoms with E-state index >= 15 is 0 Å². The molecule has 0 aromatic carbocycles. The van der Waals surface area contributed by atoms with Gasteiger partial charge in [-0.05, 0) is 13.8 Å². The second-order valence-electron chi connectivity index (χ2n) is 3.87. The highest BCUT2D eigenvalue weighted by atomic mass is 16.5. The van der Waals surface area contributed by atoms with Crippen molar-refractivity contribution in [3.8, 4) is 0 Å². The smallest absolute Gasteiger partial charge is 0.256 e. The Balaban J connectivity index is 0.000000347. The topological polar surface area (TPSA) is 92.8 Å². The number of amides is 4. The van der Waals surface area contributed by atoms with Crippen molar-refractivity contribution in [1.29, 1.82) is 0 Å². The Morgan fingerprint density at radius 1 is 1.05 bits per heavy atom. The molecule has 4 amide bonds. The molecule has 7 nitrogen and oxygen atoms in total. The van der Waals surface area contributed by atoms with Crippen LogP contribution in [0, 0.1) is 0 Å². The molecule has 2 aliphatic rings. The van der Waals surface area contributed by atoms with Crippen molar-refractivity contribution in [2.45, 2.75) is 13.8 Å². The third-order valence-electron chi connectivity index (χ3n) is 2.47. The lowest BCUT2D eigenvalue weighted by molar-refractivity contribution is -0.136. The molecule has 2 rings (SSSR count). The first-order chi connectivity index (χ1) is 9.49. The van der Waals surface area contributed by atoms with Crippen LogP contribution in [0.2, 0.25) is 0 Å². The first-order valence-electron chi connectivity index (χ1n) is 6.16. The monoisotopic (exact) mass is 280 g/mol. The predicted molar refractivity (Wildman–Crippen MR) is 69.3 cm³/mol. The minimum Gasteiger partial charge on any atom is -0.382 e. The number of imide groups is 2. The average molecular weight is 280 g/mol. The van der Waals surface area contributed by atoms with Crippen molar-refractivity contribution < 1.29 is 23.9 Å². The van der Waals surface area contributed by atoms with Crippen LogP contribution in [-0.2, 0) is 23.9 Å². The highest BCUT2D eigenvalue weighted by Crippen LogP contribution is 2.10. The molecular formula is C13H16N2O5. The summed E-state index contributed by atoms with van der Waals surface area (Å²) in [6, 6.07) is 0. The standard InChI is InChI=1S/C9H6N2O4.C4H10O/c12-6-3-5(9(15)10-6)4-11-7(13)1-2-8(11)14;1-3-5-4-2/h1-3H,4H2,(H,10,12,15);3-4H2,1-2H3. The molecule has 0 fully saturated rings. The summed E-state index contributed by atoms with van der Waals surface area (Å²) in [4.78, 5) is 45.1. The van der Waals surface area contributed by atoms with E-state index < -0.39 is 23.6 Å². The summed E-state index contributed by atoms with van der Waals surface area (Å²) in [5.74, 6) is -2.05. The largest absolute Gasteiger partial charge is 0.382 e. The number of hydrogen-bond donors (Lipinski definition) is 1. The lowest BCUT2D eigenvalue weighted by atomic mass is 10.2. The highest BCUT2D eigenvalue weighted by molar-refractivity contribution is 6.18. The highest BCUT2D eigenvalue weighted by Gasteiger charge is 2.29. The van der Waals surface area contributed by atoms with Gasteiger partial charge in [0.15, 0.2) is 0 Å². The van der Waals surface area contributed by atoms with Crippen LogP contribution < -0.4 is 5.32 Å². The van der Waals surface area contributed by atoms with Crippen LogP contribution in [0.1, 0.15) is 13.8 Å². The maximum Gasteiger partial charge on any atom is 0.256 e. The fourth-order valence-electron chi connectivity index (χ4n) is 1.53. The fraction of sp³-hybridized carbons (Fsp3) is 0.385. The maximum absolute atomic E-state index is 11.1. The molecule has 7 heteroatoms. The van der Waals surface area contributed by atoms with Gasteiger partial charge >= 0.3 is 0 Å². The number of rotatable bonds is 4. The molecule has 0 aromatic rings. The number of ether oxygens (including phenoxy) is 1. The number of nitrogens with zero attached hydrogens (tertiary/aromatic N) is 1. The first-order valence-corrected chi connectivity index (χ1v) is 6.16. The third-order valence-corrected chi connectivity index (χ3v) is 2.47. The Morgan fingerprint density at radius 2 is 1.60 bits per heavy atom. The Hall–Kier alpha value is -2.28. The Morgan fingerprint density at radius 3 is 1.95 bits per heavy atom. The van der Waals surface area contributed by atoms with Gasteiger partial charge in [-0.25, -0.2) is 0 Å². The maximum atomic E-state index is 11.1. The zero-order valence-corrected chi connectivity index (χ0v) is 11.3. The van der Waals surface area contributed by atoms with Crippen molar-refractivity contribution >= 4 is 23.6 Å². The van der Waals surface area contributed by atoms with Gasteiger partial charge in [0.2, 0.25) is 0 Å². The summed E-state index contributed by atoms with van der Waals surface area (Å²) >= 11 is 0. The van der Waals surface area contributed by atoms with Crippen molar-refractivity contribution in [2.75, 3.05) is 19.8 Å². The van der Waals surface area contributed by atoms with Gasteiger partial charge in [-0.3, -0.25) is 29.4 Å². The van der Waals surface area contributed by atoms with Crippen molar-refractivity contribution in [3.63, 3.8) is 0 Å². The van der Waals surface area contributed by atoms with E-state index in [9.17, 15) is 19.2 Å². The molecule has 2 aliphatic heterocycles. The molecule has 0 bridgehead atoms. The van der Waals surface area contributed by atoms with Gasteiger partial charge in [-0.2, -0.15) is 0 Å². The van der Waals surface area contributed by atoms with Crippen LogP contribution in [0.25, 0.3) is 0 Å². The number of hydrogen-bond acceptors (Lipinski definition) is 5. The van der Waals surface area contributed by atoms with Gasteiger partial charge in [-0.15, -0.1) is 0 Å². The molecule has 0 aliphatic carbocycles. The van der Waals surface area contributed by atoms with E-state index in [1.54, 1.807) is 0 Å². The van der Waals surface area contributed by atoms with Crippen LogP contribution in [0.15, 0.2) is 23.8 Å². The van der Waals surface area contributed by atoms with Crippen molar-refractivity contribution in [1.82, 2.24) is 10.2 Å². The Bertz CT molecular complexity index is 473. The van der Waals surface area contributed by atoms with Crippen LogP contribution in [0.3, 0.4) is 0 Å². The quantitative estimate of drug-likeness (QED) is 0.703. The van der Waals surface area contributed by atoms with Gasteiger partial charge in [0.1, 0.15) is 0 Å². The van der Waals surface area contributed by atoms with Gasteiger partial charge in [0, 0.05) is 37.0 Å². The van der Waals surface area contributed by atoms with Gasteiger partial charge in [0.25, 0.3) is 23.6 Å². The summed E-state index contributed by atoms with van der Waals surface area (Å²) in [5, 5.41) is 2.03. The van der Waals surface area contributed by atoms with Crippen molar-refractivity contribution in [3.05, 3.63) is 23.8 Å². The SMILES string of the molecule is CCOCC.O=C1C=C(CN2C(=O)C=CC2=O)C(=O)N1. The number of carbonyl (C=O) groups is 4. The lowest BCUT2D eigenvalue weighted by Crippen LogP contribution is -2.34. The summed E-state index contributed by atoms with van der Waals surface area (Å²) < 4.78 is 4.83. The van der Waals surface area contributed by atoms with Gasteiger partial charge in [0.05, 0.1) is 6.54 Å². The van der Waals surface area contributed by atoms with E-state index in [-0.39, 0.29) is 12.1 Å². The number of carbonyl (C=O) groups excluding carboxylic acids is 4. The molecular weight excluding hydrogens is 264 g/mol. The van der Waals surface area contributed by atoms with E-state index in [1.165, 1.54) is 0 Å². The van der Waals surface area contributed by atoms with E-state index in [0.717, 1.165) is 36.3 Å². The summed E-state index contributed by atoms with van der Waals surface area (Å²) in [5.41, 5.74) is 0.116. The summed E-state index contributed by atoms with van der Waals surface area (Å²) in [6.45, 7) is 5.50. The Labute approximate surface area is 116 Å². The Kier molecular flexibility index (Phi) is 5.79. The van der Waals surface area contributed by atoms with Crippen molar-refractivity contribution in [2.24, 2.45) is 0 Å². The minimum atomic E-state index is -0.562. The van der Waals surface area contributed by atoms with E-state index in [4.69, 9.17) is 4.74 Å². The molecule has 2 heterocycles. The average Bonchev–Trinajstić information content (AvgIpc) is 2.88. The van der Waals surface area contributed by atoms with E-state index in [1.807, 2.05) is 19.2 Å². The second-order valence-corrected chi connectivity index (χ2v) is 3.87. The predicted octanol–water partition coefficient (Wildman–Crippen LogP) is -0.463. The third kappa shape index (κ3) is 4.13. The van der Waals surface area contributed by atoms with Crippen LogP contribution in [-0.4, -0.2) is 48.3 Å². The molecule has 108 valence electrons. The lowest BCUT2D eigenvalue weighted by Gasteiger charge is -2.12. The second kappa shape index (κ2) is 7.34.